The molecule has 2 aromatic rings. The predicted octanol–water partition coefficient (Wildman–Crippen LogP) is 4.69. The van der Waals surface area contributed by atoms with Crippen molar-refractivity contribution >= 4 is 31.9 Å². The van der Waals surface area contributed by atoms with E-state index in [9.17, 15) is 0 Å². The van der Waals surface area contributed by atoms with E-state index < -0.39 is 0 Å². The van der Waals surface area contributed by atoms with Gasteiger partial charge < -0.3 is 10.1 Å². The quantitative estimate of drug-likeness (QED) is 0.715. The topological polar surface area (TPSA) is 34.1 Å². The molecule has 21 heavy (non-hydrogen) atoms. The van der Waals surface area contributed by atoms with Gasteiger partial charge in [-0.25, -0.2) is 0 Å². The summed E-state index contributed by atoms with van der Waals surface area (Å²) in [6.07, 6.45) is 4.65. The largest absolute Gasteiger partial charge is 0.492 e. The molecule has 0 atom stereocenters. The third-order valence-corrected chi connectivity index (χ3v) is 3.95. The first-order valence-corrected chi connectivity index (χ1v) is 8.49. The SMILES string of the molecule is CCCOc1c(Br)cc(Br)cc1CNCc1cccnc1. The van der Waals surface area contributed by atoms with Crippen molar-refractivity contribution in [3.8, 4) is 5.75 Å². The van der Waals surface area contributed by atoms with E-state index in [1.165, 1.54) is 5.56 Å². The van der Waals surface area contributed by atoms with Crippen LogP contribution in [-0.2, 0) is 13.1 Å². The smallest absolute Gasteiger partial charge is 0.138 e. The average molecular weight is 414 g/mol. The molecule has 1 N–H and O–H groups in total. The Labute approximate surface area is 142 Å². The van der Waals surface area contributed by atoms with E-state index in [1.807, 2.05) is 18.3 Å². The molecule has 1 aromatic carbocycles. The molecule has 5 heteroatoms. The molecule has 0 aliphatic rings. The van der Waals surface area contributed by atoms with Crippen molar-refractivity contribution < 1.29 is 4.74 Å². The van der Waals surface area contributed by atoms with Gasteiger partial charge in [0.15, 0.2) is 0 Å². The summed E-state index contributed by atoms with van der Waals surface area (Å²) in [6, 6.07) is 8.11. The Hall–Kier alpha value is -0.910. The highest BCUT2D eigenvalue weighted by Crippen LogP contribution is 2.33. The lowest BCUT2D eigenvalue weighted by atomic mass is 10.2. The summed E-state index contributed by atoms with van der Waals surface area (Å²) in [5.41, 5.74) is 2.30. The summed E-state index contributed by atoms with van der Waals surface area (Å²) in [4.78, 5) is 4.12. The minimum atomic E-state index is 0.718. The number of benzene rings is 1. The van der Waals surface area contributed by atoms with Gasteiger partial charge in [0.05, 0.1) is 11.1 Å². The first kappa shape index (κ1) is 16.5. The van der Waals surface area contributed by atoms with Crippen LogP contribution in [0.1, 0.15) is 24.5 Å². The van der Waals surface area contributed by atoms with E-state index in [2.05, 4.69) is 61.2 Å². The van der Waals surface area contributed by atoms with Gasteiger partial charge in [-0.3, -0.25) is 4.98 Å². The fourth-order valence-electron chi connectivity index (χ4n) is 1.95. The molecule has 0 saturated carbocycles. The first-order valence-electron chi connectivity index (χ1n) is 6.91. The molecule has 0 radical (unpaired) electrons. The summed E-state index contributed by atoms with van der Waals surface area (Å²) >= 11 is 7.10. The summed E-state index contributed by atoms with van der Waals surface area (Å²) < 4.78 is 7.87. The van der Waals surface area contributed by atoms with Crippen LogP contribution >= 0.6 is 31.9 Å². The average Bonchev–Trinajstić information content (AvgIpc) is 2.47. The number of aromatic nitrogens is 1. The van der Waals surface area contributed by atoms with Crippen LogP contribution in [0, 0.1) is 0 Å². The third-order valence-electron chi connectivity index (χ3n) is 2.90. The van der Waals surface area contributed by atoms with E-state index in [4.69, 9.17) is 4.74 Å². The zero-order valence-electron chi connectivity index (χ0n) is 11.9. The van der Waals surface area contributed by atoms with Crippen molar-refractivity contribution in [3.05, 3.63) is 56.7 Å². The molecule has 2 rings (SSSR count). The number of hydrogen-bond acceptors (Lipinski definition) is 3. The fraction of sp³-hybridized carbons (Fsp3) is 0.312. The number of nitrogens with one attached hydrogen (secondary N) is 1. The molecule has 0 unspecified atom stereocenters. The van der Waals surface area contributed by atoms with E-state index in [-0.39, 0.29) is 0 Å². The Balaban J connectivity index is 2.04. The number of nitrogens with zero attached hydrogens (tertiary/aromatic N) is 1. The van der Waals surface area contributed by atoms with E-state index in [0.717, 1.165) is 46.4 Å². The summed E-state index contributed by atoms with van der Waals surface area (Å²) in [7, 11) is 0. The molecular formula is C16H18Br2N2O. The van der Waals surface area contributed by atoms with Gasteiger partial charge in [-0.05, 0) is 46.1 Å². The van der Waals surface area contributed by atoms with Gasteiger partial charge in [-0.1, -0.05) is 28.9 Å². The maximum absolute atomic E-state index is 5.85. The highest BCUT2D eigenvalue weighted by Gasteiger charge is 2.10. The van der Waals surface area contributed by atoms with E-state index in [1.54, 1.807) is 6.20 Å². The standard InChI is InChI=1S/C16H18Br2N2O/c1-2-6-21-16-13(7-14(17)8-15(16)18)11-20-10-12-4-3-5-19-9-12/h3-5,7-9,20H,2,6,10-11H2,1H3. The van der Waals surface area contributed by atoms with Gasteiger partial charge in [0.25, 0.3) is 0 Å². The van der Waals surface area contributed by atoms with Gasteiger partial charge in [0.2, 0.25) is 0 Å². The molecule has 0 saturated heterocycles. The van der Waals surface area contributed by atoms with Gasteiger partial charge >= 0.3 is 0 Å². The van der Waals surface area contributed by atoms with Gasteiger partial charge in [0.1, 0.15) is 5.75 Å². The molecule has 0 aliphatic heterocycles. The molecule has 0 aliphatic carbocycles. The number of rotatable bonds is 7. The lowest BCUT2D eigenvalue weighted by molar-refractivity contribution is 0.311. The van der Waals surface area contributed by atoms with Crippen molar-refractivity contribution in [1.29, 1.82) is 0 Å². The highest BCUT2D eigenvalue weighted by atomic mass is 79.9. The van der Waals surface area contributed by atoms with E-state index >= 15 is 0 Å². The first-order chi connectivity index (χ1) is 10.2. The van der Waals surface area contributed by atoms with Gasteiger partial charge in [-0.2, -0.15) is 0 Å². The second kappa shape index (κ2) is 8.51. The van der Waals surface area contributed by atoms with Crippen LogP contribution in [0.5, 0.6) is 5.75 Å². The van der Waals surface area contributed by atoms with Crippen molar-refractivity contribution in [2.75, 3.05) is 6.61 Å². The number of hydrogen-bond donors (Lipinski definition) is 1. The Kier molecular flexibility index (Phi) is 6.67. The Bertz CT molecular complexity index is 576. The van der Waals surface area contributed by atoms with Crippen LogP contribution in [-0.4, -0.2) is 11.6 Å². The number of ether oxygens (including phenoxy) is 1. The van der Waals surface area contributed by atoms with Crippen molar-refractivity contribution in [2.45, 2.75) is 26.4 Å². The molecular weight excluding hydrogens is 396 g/mol. The third kappa shape index (κ3) is 5.09. The second-order valence-electron chi connectivity index (χ2n) is 4.69. The predicted molar refractivity (Wildman–Crippen MR) is 92.4 cm³/mol. The van der Waals surface area contributed by atoms with Crippen molar-refractivity contribution in [1.82, 2.24) is 10.3 Å². The Morgan fingerprint density at radius 3 is 2.81 bits per heavy atom. The minimum Gasteiger partial charge on any atom is -0.492 e. The number of pyridine rings is 1. The molecule has 0 amide bonds. The monoisotopic (exact) mass is 412 g/mol. The Morgan fingerprint density at radius 1 is 1.24 bits per heavy atom. The van der Waals surface area contributed by atoms with Crippen molar-refractivity contribution in [2.24, 2.45) is 0 Å². The fourth-order valence-corrected chi connectivity index (χ4v) is 3.38. The minimum absolute atomic E-state index is 0.718. The van der Waals surface area contributed by atoms with E-state index in [0.29, 0.717) is 0 Å². The molecule has 112 valence electrons. The maximum atomic E-state index is 5.85. The lowest BCUT2D eigenvalue weighted by Crippen LogP contribution is -2.14. The lowest BCUT2D eigenvalue weighted by Gasteiger charge is -2.14. The maximum Gasteiger partial charge on any atom is 0.138 e. The van der Waals surface area contributed by atoms with Crippen LogP contribution in [0.25, 0.3) is 0 Å². The molecule has 3 nitrogen and oxygen atoms in total. The van der Waals surface area contributed by atoms with Crippen LogP contribution in [0.2, 0.25) is 0 Å². The Morgan fingerprint density at radius 2 is 2.10 bits per heavy atom. The molecule has 1 aromatic heterocycles. The zero-order chi connectivity index (χ0) is 15.1. The summed E-state index contributed by atoms with van der Waals surface area (Å²) in [5.74, 6) is 0.915. The van der Waals surface area contributed by atoms with Crippen molar-refractivity contribution in [3.63, 3.8) is 0 Å². The molecule has 0 bridgehead atoms. The highest BCUT2D eigenvalue weighted by molar-refractivity contribution is 9.11. The van der Waals surface area contributed by atoms with Crippen LogP contribution in [0.3, 0.4) is 0 Å². The molecule has 0 fully saturated rings. The second-order valence-corrected chi connectivity index (χ2v) is 6.46. The van der Waals surface area contributed by atoms with Crippen LogP contribution < -0.4 is 10.1 Å². The normalized spacial score (nSPS) is 10.6. The number of halogens is 2. The molecule has 0 spiro atoms. The summed E-state index contributed by atoms with van der Waals surface area (Å²) in [5, 5.41) is 3.43. The van der Waals surface area contributed by atoms with Gasteiger partial charge in [-0.15, -0.1) is 0 Å². The summed E-state index contributed by atoms with van der Waals surface area (Å²) in [6.45, 7) is 4.35. The van der Waals surface area contributed by atoms with Crippen LogP contribution in [0.4, 0.5) is 0 Å². The molecule has 1 heterocycles. The van der Waals surface area contributed by atoms with Crippen LogP contribution in [0.15, 0.2) is 45.6 Å². The van der Waals surface area contributed by atoms with Gasteiger partial charge in [0, 0.05) is 35.5 Å². The zero-order valence-corrected chi connectivity index (χ0v) is 15.1.